The van der Waals surface area contributed by atoms with Crippen molar-refractivity contribution in [3.8, 4) is 0 Å². The first-order valence-electron chi connectivity index (χ1n) is 7.57. The van der Waals surface area contributed by atoms with Gasteiger partial charge in [-0.1, -0.05) is 31.9 Å². The van der Waals surface area contributed by atoms with Crippen LogP contribution in [0.15, 0.2) is 18.2 Å². The third kappa shape index (κ3) is 3.65. The quantitative estimate of drug-likeness (QED) is 0.765. The molecule has 0 heterocycles. The van der Waals surface area contributed by atoms with E-state index < -0.39 is 11.6 Å². The van der Waals surface area contributed by atoms with Crippen LogP contribution in [0.5, 0.6) is 0 Å². The molecule has 1 aliphatic carbocycles. The fourth-order valence-electron chi connectivity index (χ4n) is 3.20. The lowest BCUT2D eigenvalue weighted by atomic mass is 9.77. The first-order valence-corrected chi connectivity index (χ1v) is 7.57. The first kappa shape index (κ1) is 15.1. The third-order valence-electron chi connectivity index (χ3n) is 4.40. The molecule has 0 radical (unpaired) electrons. The summed E-state index contributed by atoms with van der Waals surface area (Å²) in [5.74, 6) is -0.910. The Morgan fingerprint density at radius 3 is 2.55 bits per heavy atom. The SMILES string of the molecule is CCCC1CCC(C(=O)Cc2cccc(F)c2F)CC1. The molecule has 0 spiro atoms. The van der Waals surface area contributed by atoms with Gasteiger partial charge in [-0.05, 0) is 43.2 Å². The van der Waals surface area contributed by atoms with E-state index in [1.165, 1.54) is 25.0 Å². The van der Waals surface area contributed by atoms with Crippen molar-refractivity contribution in [1.29, 1.82) is 0 Å². The Bertz CT molecular complexity index is 462. The second-order valence-corrected chi connectivity index (χ2v) is 5.86. The minimum Gasteiger partial charge on any atom is -0.299 e. The Balaban J connectivity index is 1.91. The molecule has 1 nitrogen and oxygen atoms in total. The van der Waals surface area contributed by atoms with Crippen LogP contribution in [0.25, 0.3) is 0 Å². The molecular weight excluding hydrogens is 258 g/mol. The van der Waals surface area contributed by atoms with Crippen molar-refractivity contribution in [3.05, 3.63) is 35.4 Å². The number of rotatable bonds is 5. The van der Waals surface area contributed by atoms with Crippen LogP contribution in [0.1, 0.15) is 51.0 Å². The predicted molar refractivity (Wildman–Crippen MR) is 75.4 cm³/mol. The van der Waals surface area contributed by atoms with Crippen LogP contribution in [0, 0.1) is 23.5 Å². The Kier molecular flexibility index (Phi) is 5.27. The molecule has 1 saturated carbocycles. The molecule has 0 bridgehead atoms. The van der Waals surface area contributed by atoms with Crippen LogP contribution >= 0.6 is 0 Å². The molecule has 0 N–H and O–H groups in total. The van der Waals surface area contributed by atoms with E-state index >= 15 is 0 Å². The van der Waals surface area contributed by atoms with Crippen LogP contribution < -0.4 is 0 Å². The number of benzene rings is 1. The highest BCUT2D eigenvalue weighted by atomic mass is 19.2. The van der Waals surface area contributed by atoms with E-state index in [0.29, 0.717) is 0 Å². The van der Waals surface area contributed by atoms with Crippen molar-refractivity contribution in [3.63, 3.8) is 0 Å². The zero-order valence-corrected chi connectivity index (χ0v) is 12.0. The van der Waals surface area contributed by atoms with Gasteiger partial charge in [-0.25, -0.2) is 8.78 Å². The highest BCUT2D eigenvalue weighted by molar-refractivity contribution is 5.83. The molecular formula is C17H22F2O. The molecule has 1 aliphatic rings. The van der Waals surface area contributed by atoms with Crippen molar-refractivity contribution >= 4 is 5.78 Å². The van der Waals surface area contributed by atoms with Crippen LogP contribution in [-0.2, 0) is 11.2 Å². The monoisotopic (exact) mass is 280 g/mol. The topological polar surface area (TPSA) is 17.1 Å². The molecule has 2 rings (SSSR count). The molecule has 1 aromatic carbocycles. The molecule has 0 aromatic heterocycles. The van der Waals surface area contributed by atoms with Gasteiger partial charge < -0.3 is 0 Å². The molecule has 0 atom stereocenters. The lowest BCUT2D eigenvalue weighted by Gasteiger charge is -2.27. The van der Waals surface area contributed by atoms with Crippen molar-refractivity contribution in [1.82, 2.24) is 0 Å². The lowest BCUT2D eigenvalue weighted by Crippen LogP contribution is -2.23. The molecule has 1 aromatic rings. The summed E-state index contributed by atoms with van der Waals surface area (Å²) in [4.78, 5) is 12.2. The van der Waals surface area contributed by atoms with Crippen LogP contribution in [0.3, 0.4) is 0 Å². The summed E-state index contributed by atoms with van der Waals surface area (Å²) in [5.41, 5.74) is 0.186. The predicted octanol–water partition coefficient (Wildman–Crippen LogP) is 4.68. The normalized spacial score (nSPS) is 22.8. The van der Waals surface area contributed by atoms with Gasteiger partial charge >= 0.3 is 0 Å². The van der Waals surface area contributed by atoms with E-state index in [1.54, 1.807) is 0 Å². The Labute approximate surface area is 119 Å². The van der Waals surface area contributed by atoms with Gasteiger partial charge in [0.15, 0.2) is 11.6 Å². The van der Waals surface area contributed by atoms with Crippen molar-refractivity contribution in [2.75, 3.05) is 0 Å². The number of hydrogen-bond acceptors (Lipinski definition) is 1. The average molecular weight is 280 g/mol. The largest absolute Gasteiger partial charge is 0.299 e. The minimum atomic E-state index is -0.875. The summed E-state index contributed by atoms with van der Waals surface area (Å²) in [6, 6.07) is 4.04. The third-order valence-corrected chi connectivity index (χ3v) is 4.40. The van der Waals surface area contributed by atoms with Crippen LogP contribution in [-0.4, -0.2) is 5.78 Å². The van der Waals surface area contributed by atoms with E-state index in [2.05, 4.69) is 6.92 Å². The molecule has 0 amide bonds. The van der Waals surface area contributed by atoms with Gasteiger partial charge in [-0.2, -0.15) is 0 Å². The fraction of sp³-hybridized carbons (Fsp3) is 0.588. The van der Waals surface area contributed by atoms with Gasteiger partial charge in [0, 0.05) is 12.3 Å². The van der Waals surface area contributed by atoms with Crippen LogP contribution in [0.4, 0.5) is 8.78 Å². The number of carbonyl (C=O) groups excluding carboxylic acids is 1. The minimum absolute atomic E-state index is 0.0205. The molecule has 3 heteroatoms. The summed E-state index contributed by atoms with van der Waals surface area (Å²) in [7, 11) is 0. The smallest absolute Gasteiger partial charge is 0.162 e. The Morgan fingerprint density at radius 2 is 1.90 bits per heavy atom. The van der Waals surface area contributed by atoms with Crippen molar-refractivity contribution in [2.45, 2.75) is 51.9 Å². The summed E-state index contributed by atoms with van der Waals surface area (Å²) < 4.78 is 26.7. The number of hydrogen-bond donors (Lipinski definition) is 0. The Hall–Kier alpha value is -1.25. The standard InChI is InChI=1S/C17H22F2O/c1-2-4-12-7-9-13(10-8-12)16(20)11-14-5-3-6-15(18)17(14)19/h3,5-6,12-13H,2,4,7-11H2,1H3. The van der Waals surface area contributed by atoms with E-state index in [-0.39, 0.29) is 23.7 Å². The van der Waals surface area contributed by atoms with Gasteiger partial charge in [0.1, 0.15) is 5.78 Å². The summed E-state index contributed by atoms with van der Waals surface area (Å²) in [5, 5.41) is 0. The molecule has 110 valence electrons. The zero-order valence-electron chi connectivity index (χ0n) is 12.0. The first-order chi connectivity index (χ1) is 9.61. The van der Waals surface area contributed by atoms with Gasteiger partial charge in [-0.3, -0.25) is 4.79 Å². The highest BCUT2D eigenvalue weighted by Gasteiger charge is 2.26. The molecule has 0 unspecified atom stereocenters. The molecule has 0 saturated heterocycles. The van der Waals surface area contributed by atoms with E-state index in [1.807, 2.05) is 0 Å². The highest BCUT2D eigenvalue weighted by Crippen LogP contribution is 2.32. The van der Waals surface area contributed by atoms with Crippen molar-refractivity contribution in [2.24, 2.45) is 11.8 Å². The zero-order chi connectivity index (χ0) is 14.5. The number of Topliss-reactive ketones (excluding diaryl/α,β-unsaturated/α-hetero) is 1. The van der Waals surface area contributed by atoms with Gasteiger partial charge in [0.05, 0.1) is 0 Å². The second kappa shape index (κ2) is 6.96. The van der Waals surface area contributed by atoms with E-state index in [4.69, 9.17) is 0 Å². The van der Waals surface area contributed by atoms with Crippen LogP contribution in [0.2, 0.25) is 0 Å². The van der Waals surface area contributed by atoms with E-state index in [0.717, 1.165) is 37.7 Å². The summed E-state index contributed by atoms with van der Waals surface area (Å²) in [6.45, 7) is 2.18. The fourth-order valence-corrected chi connectivity index (χ4v) is 3.20. The summed E-state index contributed by atoms with van der Waals surface area (Å²) in [6.07, 6.45) is 6.44. The maximum atomic E-state index is 13.6. The summed E-state index contributed by atoms with van der Waals surface area (Å²) >= 11 is 0. The lowest BCUT2D eigenvalue weighted by molar-refractivity contribution is -0.123. The van der Waals surface area contributed by atoms with Gasteiger partial charge in [0.25, 0.3) is 0 Å². The molecule has 0 aliphatic heterocycles. The van der Waals surface area contributed by atoms with Gasteiger partial charge in [-0.15, -0.1) is 0 Å². The maximum absolute atomic E-state index is 13.6. The molecule has 20 heavy (non-hydrogen) atoms. The number of halogens is 2. The number of carbonyl (C=O) groups is 1. The number of ketones is 1. The Morgan fingerprint density at radius 1 is 1.20 bits per heavy atom. The second-order valence-electron chi connectivity index (χ2n) is 5.86. The average Bonchev–Trinajstić information content (AvgIpc) is 2.45. The molecule has 1 fully saturated rings. The van der Waals surface area contributed by atoms with Gasteiger partial charge in [0.2, 0.25) is 0 Å². The van der Waals surface area contributed by atoms with Crippen molar-refractivity contribution < 1.29 is 13.6 Å². The van der Waals surface area contributed by atoms with E-state index in [9.17, 15) is 13.6 Å². The maximum Gasteiger partial charge on any atom is 0.162 e.